The molecule has 140 valence electrons. The Hall–Kier alpha value is -3.04. The lowest BCUT2D eigenvalue weighted by atomic mass is 9.87. The first-order chi connectivity index (χ1) is 13.5. The van der Waals surface area contributed by atoms with E-state index in [4.69, 9.17) is 4.42 Å². The molecule has 0 fully saturated rings. The van der Waals surface area contributed by atoms with Crippen LogP contribution in [0.25, 0.3) is 17.0 Å². The molecular formula is C22H20N4OS. The van der Waals surface area contributed by atoms with Crippen LogP contribution in [0.3, 0.4) is 0 Å². The maximum absolute atomic E-state index is 9.51. The Labute approximate surface area is 168 Å². The highest BCUT2D eigenvalue weighted by atomic mass is 32.2. The summed E-state index contributed by atoms with van der Waals surface area (Å²) in [4.78, 5) is 0. The molecule has 0 aliphatic rings. The summed E-state index contributed by atoms with van der Waals surface area (Å²) in [5.41, 5.74) is 4.81. The van der Waals surface area contributed by atoms with Gasteiger partial charge in [-0.2, -0.15) is 5.26 Å². The molecule has 28 heavy (non-hydrogen) atoms. The molecule has 0 bridgehead atoms. The third-order valence-electron chi connectivity index (χ3n) is 4.63. The molecule has 0 spiro atoms. The molecule has 0 saturated carbocycles. The van der Waals surface area contributed by atoms with Crippen molar-refractivity contribution in [1.82, 2.24) is 14.6 Å². The van der Waals surface area contributed by atoms with Crippen LogP contribution in [0.5, 0.6) is 0 Å². The Kier molecular flexibility index (Phi) is 4.70. The average Bonchev–Trinajstić information content (AvgIpc) is 3.30. The van der Waals surface area contributed by atoms with Crippen molar-refractivity contribution >= 4 is 17.3 Å². The minimum absolute atomic E-state index is 0.105. The second-order valence-electron chi connectivity index (χ2n) is 7.62. The minimum Gasteiger partial charge on any atom is -0.411 e. The molecule has 3 aromatic heterocycles. The van der Waals surface area contributed by atoms with E-state index in [-0.39, 0.29) is 5.41 Å². The quantitative estimate of drug-likeness (QED) is 0.435. The van der Waals surface area contributed by atoms with Crippen LogP contribution < -0.4 is 0 Å². The maximum atomic E-state index is 9.51. The van der Waals surface area contributed by atoms with Gasteiger partial charge in [0.2, 0.25) is 5.89 Å². The van der Waals surface area contributed by atoms with Gasteiger partial charge in [-0.05, 0) is 40.8 Å². The van der Waals surface area contributed by atoms with Crippen LogP contribution >= 0.6 is 11.8 Å². The van der Waals surface area contributed by atoms with Crippen LogP contribution in [-0.4, -0.2) is 14.6 Å². The fourth-order valence-electron chi connectivity index (χ4n) is 3.05. The monoisotopic (exact) mass is 388 g/mol. The van der Waals surface area contributed by atoms with Crippen molar-refractivity contribution in [2.75, 3.05) is 0 Å². The normalized spacial score (nSPS) is 11.6. The number of pyridine rings is 1. The van der Waals surface area contributed by atoms with Crippen LogP contribution in [0.4, 0.5) is 0 Å². The Bertz CT molecular complexity index is 1160. The smallest absolute Gasteiger partial charge is 0.277 e. The van der Waals surface area contributed by atoms with Crippen molar-refractivity contribution in [3.8, 4) is 17.5 Å². The van der Waals surface area contributed by atoms with Gasteiger partial charge in [0.1, 0.15) is 6.07 Å². The van der Waals surface area contributed by atoms with Gasteiger partial charge in [-0.15, -0.1) is 10.2 Å². The number of thioether (sulfide) groups is 1. The minimum atomic E-state index is 0.105. The number of hydrogen-bond donors (Lipinski definition) is 0. The van der Waals surface area contributed by atoms with Crippen molar-refractivity contribution < 1.29 is 4.42 Å². The number of hydrogen-bond acceptors (Lipinski definition) is 5. The molecule has 0 aliphatic carbocycles. The molecule has 0 radical (unpaired) electrons. The molecule has 6 heteroatoms. The van der Waals surface area contributed by atoms with Crippen molar-refractivity contribution in [3.05, 3.63) is 71.5 Å². The van der Waals surface area contributed by atoms with E-state index < -0.39 is 0 Å². The van der Waals surface area contributed by atoms with Crippen molar-refractivity contribution in [1.29, 1.82) is 5.26 Å². The first-order valence-corrected chi connectivity index (χ1v) is 10.00. The zero-order valence-corrected chi connectivity index (χ0v) is 16.8. The SMILES string of the molecule is CC(C)(C)c1ccc(-c2nnc(SCc3cn4ccccc4c3C#N)o2)cc1. The fraction of sp³-hybridized carbons (Fsp3) is 0.227. The molecule has 0 amide bonds. The third-order valence-corrected chi connectivity index (χ3v) is 5.50. The summed E-state index contributed by atoms with van der Waals surface area (Å²) < 4.78 is 7.78. The Morgan fingerprint density at radius 2 is 1.89 bits per heavy atom. The zero-order chi connectivity index (χ0) is 19.7. The number of aromatic nitrogens is 3. The predicted molar refractivity (Wildman–Crippen MR) is 110 cm³/mol. The second-order valence-corrected chi connectivity index (χ2v) is 8.55. The fourth-order valence-corrected chi connectivity index (χ4v) is 3.79. The summed E-state index contributed by atoms with van der Waals surface area (Å²) in [6, 6.07) is 16.3. The van der Waals surface area contributed by atoms with E-state index in [2.05, 4.69) is 49.2 Å². The summed E-state index contributed by atoms with van der Waals surface area (Å²) in [6.07, 6.45) is 3.92. The summed E-state index contributed by atoms with van der Waals surface area (Å²) in [5.74, 6) is 1.10. The highest BCUT2D eigenvalue weighted by molar-refractivity contribution is 7.98. The van der Waals surface area contributed by atoms with E-state index in [0.717, 1.165) is 16.6 Å². The van der Waals surface area contributed by atoms with Crippen molar-refractivity contribution in [2.24, 2.45) is 0 Å². The molecule has 5 nitrogen and oxygen atoms in total. The Balaban J connectivity index is 1.51. The van der Waals surface area contributed by atoms with E-state index in [1.807, 2.05) is 47.1 Å². The molecule has 4 rings (SSSR count). The number of nitriles is 1. The van der Waals surface area contributed by atoms with E-state index in [1.54, 1.807) is 0 Å². The molecule has 0 unspecified atom stereocenters. The average molecular weight is 388 g/mol. The van der Waals surface area contributed by atoms with Gasteiger partial charge in [-0.25, -0.2) is 0 Å². The van der Waals surface area contributed by atoms with Gasteiger partial charge >= 0.3 is 0 Å². The lowest BCUT2D eigenvalue weighted by Crippen LogP contribution is -2.10. The second kappa shape index (κ2) is 7.17. The molecule has 1 aromatic carbocycles. The standard InChI is InChI=1S/C22H20N4OS/c1-22(2,3)17-9-7-15(8-10-17)20-24-25-21(27-20)28-14-16-13-26-11-5-4-6-19(26)18(16)12-23/h4-11,13H,14H2,1-3H3. The largest absolute Gasteiger partial charge is 0.411 e. The van der Waals surface area contributed by atoms with Crippen LogP contribution in [0.2, 0.25) is 0 Å². The number of rotatable bonds is 4. The lowest BCUT2D eigenvalue weighted by molar-refractivity contribution is 0.465. The molecule has 3 heterocycles. The highest BCUT2D eigenvalue weighted by Gasteiger charge is 2.16. The summed E-state index contributed by atoms with van der Waals surface area (Å²) in [5, 5.41) is 18.3. The maximum Gasteiger partial charge on any atom is 0.277 e. The first kappa shape index (κ1) is 18.3. The number of fused-ring (bicyclic) bond motifs is 1. The lowest BCUT2D eigenvalue weighted by Gasteiger charge is -2.18. The van der Waals surface area contributed by atoms with Gasteiger partial charge in [0, 0.05) is 23.7 Å². The van der Waals surface area contributed by atoms with E-state index in [9.17, 15) is 5.26 Å². The summed E-state index contributed by atoms with van der Waals surface area (Å²) >= 11 is 1.44. The molecular weight excluding hydrogens is 368 g/mol. The topological polar surface area (TPSA) is 67.1 Å². The summed E-state index contributed by atoms with van der Waals surface area (Å²) in [7, 11) is 0. The first-order valence-electron chi connectivity index (χ1n) is 9.01. The van der Waals surface area contributed by atoms with Crippen LogP contribution in [0, 0.1) is 11.3 Å². The third kappa shape index (κ3) is 3.54. The summed E-state index contributed by atoms with van der Waals surface area (Å²) in [6.45, 7) is 6.55. The van der Waals surface area contributed by atoms with Gasteiger partial charge in [0.15, 0.2) is 0 Å². The molecule has 0 N–H and O–H groups in total. The van der Waals surface area contributed by atoms with Crippen LogP contribution in [-0.2, 0) is 11.2 Å². The highest BCUT2D eigenvalue weighted by Crippen LogP contribution is 2.30. The van der Waals surface area contributed by atoms with Crippen LogP contribution in [0.15, 0.2) is 64.5 Å². The molecule has 0 saturated heterocycles. The number of benzene rings is 1. The number of nitrogens with zero attached hydrogens (tertiary/aromatic N) is 4. The van der Waals surface area contributed by atoms with Gasteiger partial charge in [-0.1, -0.05) is 50.7 Å². The van der Waals surface area contributed by atoms with Gasteiger partial charge in [0.05, 0.1) is 11.1 Å². The molecule has 0 atom stereocenters. The Morgan fingerprint density at radius 1 is 1.11 bits per heavy atom. The van der Waals surface area contributed by atoms with Gasteiger partial charge in [0.25, 0.3) is 5.22 Å². The van der Waals surface area contributed by atoms with E-state index in [1.165, 1.54) is 17.3 Å². The molecule has 0 aliphatic heterocycles. The zero-order valence-electron chi connectivity index (χ0n) is 16.0. The predicted octanol–water partition coefficient (Wildman–Crippen LogP) is 5.45. The Morgan fingerprint density at radius 3 is 2.61 bits per heavy atom. The van der Waals surface area contributed by atoms with Gasteiger partial charge < -0.3 is 8.82 Å². The molecule has 4 aromatic rings. The van der Waals surface area contributed by atoms with Crippen molar-refractivity contribution in [3.63, 3.8) is 0 Å². The van der Waals surface area contributed by atoms with E-state index in [0.29, 0.717) is 22.4 Å². The van der Waals surface area contributed by atoms with Gasteiger partial charge in [-0.3, -0.25) is 0 Å². The van der Waals surface area contributed by atoms with Crippen molar-refractivity contribution in [2.45, 2.75) is 37.2 Å². The van der Waals surface area contributed by atoms with Crippen LogP contribution in [0.1, 0.15) is 37.5 Å². The van der Waals surface area contributed by atoms with E-state index >= 15 is 0 Å².